The summed E-state index contributed by atoms with van der Waals surface area (Å²) in [4.78, 5) is 28.3. The zero-order valence-electron chi connectivity index (χ0n) is 16.0. The SMILES string of the molecule is CC1=C(C(=O)N2CCCCC2)[C@@H](c2ccc(F)c(Br)c2)C2=C(CCCC2=O)N1. The number of likely N-dealkylation sites (tertiary alicyclic amines) is 1. The van der Waals surface area contributed by atoms with Crippen LogP contribution in [0.2, 0.25) is 0 Å². The molecule has 1 saturated heterocycles. The normalized spacial score (nSPS) is 22.9. The van der Waals surface area contributed by atoms with Crippen LogP contribution in [0.15, 0.2) is 45.2 Å². The van der Waals surface area contributed by atoms with Gasteiger partial charge in [0.2, 0.25) is 0 Å². The Balaban J connectivity index is 1.83. The lowest BCUT2D eigenvalue weighted by Gasteiger charge is -2.37. The van der Waals surface area contributed by atoms with Crippen molar-refractivity contribution < 1.29 is 14.0 Å². The van der Waals surface area contributed by atoms with Crippen LogP contribution in [0, 0.1) is 5.82 Å². The monoisotopic (exact) mass is 446 g/mol. The van der Waals surface area contributed by atoms with Crippen LogP contribution in [0.25, 0.3) is 0 Å². The third kappa shape index (κ3) is 3.43. The standard InChI is InChI=1S/C22H24BrFN2O2/c1-13-19(22(28)26-10-3-2-4-11-26)20(14-8-9-16(24)15(23)12-14)21-17(25-13)6-5-7-18(21)27/h8-9,12,20,25H,2-7,10-11H2,1H3/t20-/m1/s1. The molecule has 28 heavy (non-hydrogen) atoms. The first-order chi connectivity index (χ1) is 13.5. The van der Waals surface area contributed by atoms with Crippen molar-refractivity contribution in [1.82, 2.24) is 10.2 Å². The molecule has 1 fully saturated rings. The van der Waals surface area contributed by atoms with E-state index in [9.17, 15) is 14.0 Å². The molecular weight excluding hydrogens is 423 g/mol. The van der Waals surface area contributed by atoms with Crippen LogP contribution in [0.4, 0.5) is 4.39 Å². The lowest BCUT2D eigenvalue weighted by atomic mass is 9.75. The largest absolute Gasteiger partial charge is 0.362 e. The van der Waals surface area contributed by atoms with E-state index in [2.05, 4.69) is 21.2 Å². The predicted molar refractivity (Wildman–Crippen MR) is 109 cm³/mol. The van der Waals surface area contributed by atoms with E-state index in [0.717, 1.165) is 62.2 Å². The molecule has 0 aromatic heterocycles. The van der Waals surface area contributed by atoms with Gasteiger partial charge in [-0.15, -0.1) is 0 Å². The van der Waals surface area contributed by atoms with Gasteiger partial charge in [-0.3, -0.25) is 9.59 Å². The highest BCUT2D eigenvalue weighted by atomic mass is 79.9. The van der Waals surface area contributed by atoms with E-state index < -0.39 is 5.92 Å². The summed E-state index contributed by atoms with van der Waals surface area (Å²) in [6, 6.07) is 4.79. The second-order valence-electron chi connectivity index (χ2n) is 7.79. The first-order valence-electron chi connectivity index (χ1n) is 9.95. The van der Waals surface area contributed by atoms with Crippen LogP contribution in [-0.4, -0.2) is 29.7 Å². The number of nitrogens with one attached hydrogen (secondary N) is 1. The fourth-order valence-electron chi connectivity index (χ4n) is 4.56. The van der Waals surface area contributed by atoms with Crippen LogP contribution in [0.5, 0.6) is 0 Å². The molecule has 6 heteroatoms. The summed E-state index contributed by atoms with van der Waals surface area (Å²) in [5.74, 6) is -0.738. The van der Waals surface area contributed by atoms with Gasteiger partial charge in [0.15, 0.2) is 5.78 Å². The third-order valence-electron chi connectivity index (χ3n) is 5.93. The van der Waals surface area contributed by atoms with Crippen molar-refractivity contribution in [3.8, 4) is 0 Å². The number of hydrogen-bond acceptors (Lipinski definition) is 3. The Labute approximate surface area is 173 Å². The van der Waals surface area contributed by atoms with Crippen molar-refractivity contribution in [1.29, 1.82) is 0 Å². The quantitative estimate of drug-likeness (QED) is 0.723. The van der Waals surface area contributed by atoms with Gasteiger partial charge in [-0.25, -0.2) is 4.39 Å². The number of benzene rings is 1. The second kappa shape index (κ2) is 7.82. The number of hydrogen-bond donors (Lipinski definition) is 1. The Bertz CT molecular complexity index is 900. The van der Waals surface area contributed by atoms with Crippen molar-refractivity contribution in [2.24, 2.45) is 0 Å². The molecular formula is C22H24BrFN2O2. The van der Waals surface area contributed by atoms with Crippen LogP contribution < -0.4 is 5.32 Å². The number of allylic oxidation sites excluding steroid dienone is 3. The van der Waals surface area contributed by atoms with E-state index in [-0.39, 0.29) is 17.5 Å². The van der Waals surface area contributed by atoms with Crippen LogP contribution >= 0.6 is 15.9 Å². The van der Waals surface area contributed by atoms with Gasteiger partial charge in [0, 0.05) is 48.0 Å². The number of dihydropyridines is 1. The Morgan fingerprint density at radius 1 is 1.18 bits per heavy atom. The van der Waals surface area contributed by atoms with E-state index in [1.54, 1.807) is 12.1 Å². The van der Waals surface area contributed by atoms with E-state index in [1.807, 2.05) is 11.8 Å². The van der Waals surface area contributed by atoms with Gasteiger partial charge in [0.25, 0.3) is 5.91 Å². The summed E-state index contributed by atoms with van der Waals surface area (Å²) in [5, 5.41) is 3.35. The van der Waals surface area contributed by atoms with Crippen LogP contribution in [0.3, 0.4) is 0 Å². The van der Waals surface area contributed by atoms with Crippen molar-refractivity contribution in [2.45, 2.75) is 51.4 Å². The van der Waals surface area contributed by atoms with Gasteiger partial charge in [0.1, 0.15) is 5.82 Å². The molecule has 0 saturated carbocycles. The van der Waals surface area contributed by atoms with Gasteiger partial charge < -0.3 is 10.2 Å². The number of Topliss-reactive ketones (excluding diaryl/α,β-unsaturated/α-hetero) is 1. The van der Waals surface area contributed by atoms with Gasteiger partial charge in [-0.2, -0.15) is 0 Å². The van der Waals surface area contributed by atoms with Gasteiger partial charge in [-0.05, 0) is 72.7 Å². The maximum absolute atomic E-state index is 13.9. The van der Waals surface area contributed by atoms with Gasteiger partial charge in [-0.1, -0.05) is 6.07 Å². The Kier molecular flexibility index (Phi) is 5.41. The molecule has 1 aromatic carbocycles. The lowest BCUT2D eigenvalue weighted by molar-refractivity contribution is -0.128. The fraction of sp³-hybridized carbons (Fsp3) is 0.455. The molecule has 2 aliphatic heterocycles. The van der Waals surface area contributed by atoms with Crippen molar-refractivity contribution in [3.05, 3.63) is 56.6 Å². The molecule has 0 spiro atoms. The maximum atomic E-state index is 13.9. The summed E-state index contributed by atoms with van der Waals surface area (Å²) in [6.07, 6.45) is 5.25. The second-order valence-corrected chi connectivity index (χ2v) is 8.65. The van der Waals surface area contributed by atoms with E-state index in [0.29, 0.717) is 22.0 Å². The van der Waals surface area contributed by atoms with E-state index >= 15 is 0 Å². The number of amides is 1. The minimum absolute atomic E-state index is 0.0138. The molecule has 0 radical (unpaired) electrons. The molecule has 3 aliphatic rings. The Morgan fingerprint density at radius 2 is 1.93 bits per heavy atom. The average Bonchev–Trinajstić information content (AvgIpc) is 2.69. The molecule has 148 valence electrons. The Hall–Kier alpha value is -1.95. The highest BCUT2D eigenvalue weighted by Gasteiger charge is 2.40. The van der Waals surface area contributed by atoms with Crippen molar-refractivity contribution in [2.75, 3.05) is 13.1 Å². The van der Waals surface area contributed by atoms with E-state index in [1.165, 1.54) is 6.07 Å². The van der Waals surface area contributed by atoms with Crippen LogP contribution in [0.1, 0.15) is 56.9 Å². The summed E-state index contributed by atoms with van der Waals surface area (Å²) in [5.41, 5.74) is 3.78. The smallest absolute Gasteiger partial charge is 0.252 e. The number of piperidine rings is 1. The fourth-order valence-corrected chi connectivity index (χ4v) is 4.96. The predicted octanol–water partition coefficient (Wildman–Crippen LogP) is 4.57. The first kappa shape index (κ1) is 19.4. The highest BCUT2D eigenvalue weighted by Crippen LogP contribution is 2.43. The third-order valence-corrected chi connectivity index (χ3v) is 6.53. The molecule has 1 amide bonds. The van der Waals surface area contributed by atoms with Crippen molar-refractivity contribution >= 4 is 27.6 Å². The first-order valence-corrected chi connectivity index (χ1v) is 10.7. The molecule has 4 rings (SSSR count). The molecule has 1 atom stereocenters. The maximum Gasteiger partial charge on any atom is 0.252 e. The Morgan fingerprint density at radius 3 is 2.64 bits per heavy atom. The van der Waals surface area contributed by atoms with Crippen LogP contribution in [-0.2, 0) is 9.59 Å². The molecule has 1 N–H and O–H groups in total. The van der Waals surface area contributed by atoms with Gasteiger partial charge >= 0.3 is 0 Å². The summed E-state index contributed by atoms with van der Waals surface area (Å²) >= 11 is 3.26. The number of nitrogens with zero attached hydrogens (tertiary/aromatic N) is 1. The summed E-state index contributed by atoms with van der Waals surface area (Å²) < 4.78 is 14.2. The molecule has 1 aliphatic carbocycles. The number of carbonyl (C=O) groups excluding carboxylic acids is 2. The topological polar surface area (TPSA) is 49.4 Å². The number of ketones is 1. The molecule has 2 heterocycles. The zero-order chi connectivity index (χ0) is 19.8. The molecule has 0 unspecified atom stereocenters. The minimum atomic E-state index is -0.449. The lowest BCUT2D eigenvalue weighted by Crippen LogP contribution is -2.42. The molecule has 0 bridgehead atoms. The zero-order valence-corrected chi connectivity index (χ0v) is 17.6. The van der Waals surface area contributed by atoms with Gasteiger partial charge in [0.05, 0.1) is 4.47 Å². The van der Waals surface area contributed by atoms with E-state index in [4.69, 9.17) is 0 Å². The highest BCUT2D eigenvalue weighted by molar-refractivity contribution is 9.10. The number of carbonyl (C=O) groups is 2. The number of rotatable bonds is 2. The summed E-state index contributed by atoms with van der Waals surface area (Å²) in [6.45, 7) is 3.40. The average molecular weight is 447 g/mol. The summed E-state index contributed by atoms with van der Waals surface area (Å²) in [7, 11) is 0. The minimum Gasteiger partial charge on any atom is -0.362 e. The molecule has 1 aromatic rings. The van der Waals surface area contributed by atoms with Crippen molar-refractivity contribution in [3.63, 3.8) is 0 Å². The number of halogens is 2. The molecule has 4 nitrogen and oxygen atoms in total.